The van der Waals surface area contributed by atoms with Crippen LogP contribution in [0.25, 0.3) is 0 Å². The lowest BCUT2D eigenvalue weighted by Gasteiger charge is -2.15. The summed E-state index contributed by atoms with van der Waals surface area (Å²) in [6.07, 6.45) is 2.70. The van der Waals surface area contributed by atoms with E-state index >= 15 is 0 Å². The molecular weight excluding hydrogens is 258 g/mol. The van der Waals surface area contributed by atoms with Crippen LogP contribution in [0.3, 0.4) is 0 Å². The van der Waals surface area contributed by atoms with Gasteiger partial charge in [-0.2, -0.15) is 10.2 Å². The molecule has 0 bridgehead atoms. The fraction of sp³-hybridized carbons (Fsp3) is 0.385. The summed E-state index contributed by atoms with van der Waals surface area (Å²) >= 11 is 0. The Hall–Kier alpha value is -2.44. The highest BCUT2D eigenvalue weighted by atomic mass is 16.2. The summed E-state index contributed by atoms with van der Waals surface area (Å²) in [7, 11) is 0. The van der Waals surface area contributed by atoms with Gasteiger partial charge in [0.05, 0.1) is 6.20 Å². The van der Waals surface area contributed by atoms with Gasteiger partial charge in [-0.1, -0.05) is 0 Å². The Kier molecular flexibility index (Phi) is 3.09. The van der Waals surface area contributed by atoms with Crippen molar-refractivity contribution in [1.29, 1.82) is 0 Å². The Labute approximate surface area is 115 Å². The molecule has 1 amide bonds. The molecule has 3 heterocycles. The molecule has 7 nitrogen and oxygen atoms in total. The molecule has 0 unspecified atom stereocenters. The second-order valence-electron chi connectivity index (χ2n) is 5.01. The normalized spacial score (nSPS) is 18.4. The van der Waals surface area contributed by atoms with Crippen molar-refractivity contribution in [1.82, 2.24) is 25.3 Å². The first kappa shape index (κ1) is 12.6. The van der Waals surface area contributed by atoms with Gasteiger partial charge in [-0.25, -0.2) is 5.10 Å². The maximum atomic E-state index is 12.3. The number of aromatic nitrogens is 4. The lowest BCUT2D eigenvalue weighted by molar-refractivity contribution is 0.0783. The number of amides is 1. The molecule has 104 valence electrons. The minimum Gasteiger partial charge on any atom is -0.337 e. The predicted molar refractivity (Wildman–Crippen MR) is 71.4 cm³/mol. The van der Waals surface area contributed by atoms with E-state index in [1.54, 1.807) is 11.1 Å². The Bertz CT molecular complexity index is 670. The Morgan fingerprint density at radius 3 is 2.90 bits per heavy atom. The van der Waals surface area contributed by atoms with E-state index in [-0.39, 0.29) is 23.1 Å². The van der Waals surface area contributed by atoms with Crippen LogP contribution in [-0.4, -0.2) is 44.3 Å². The Morgan fingerprint density at radius 2 is 2.25 bits per heavy atom. The number of aromatic amines is 2. The number of carbonyl (C=O) groups is 1. The standard InChI is InChI=1S/C13H15N5O2/c1-8-6-14-17-12(8)9-4-5-18(7-9)13(20)10-2-3-11(19)16-15-10/h2-3,6,9H,4-5,7H2,1H3,(H,14,17)(H,16,19)/t9-/m1/s1. The van der Waals surface area contributed by atoms with Crippen LogP contribution in [0, 0.1) is 6.92 Å². The predicted octanol–water partition coefficient (Wildman–Crippen LogP) is 0.431. The molecule has 3 rings (SSSR count). The van der Waals surface area contributed by atoms with Crippen molar-refractivity contribution in [3.63, 3.8) is 0 Å². The van der Waals surface area contributed by atoms with E-state index in [1.165, 1.54) is 12.1 Å². The van der Waals surface area contributed by atoms with Crippen LogP contribution in [0.15, 0.2) is 23.1 Å². The number of nitrogens with one attached hydrogen (secondary N) is 2. The van der Waals surface area contributed by atoms with Gasteiger partial charge in [-0.15, -0.1) is 0 Å². The van der Waals surface area contributed by atoms with Gasteiger partial charge in [0.2, 0.25) is 0 Å². The minimum atomic E-state index is -0.311. The van der Waals surface area contributed by atoms with Crippen LogP contribution in [0.5, 0.6) is 0 Å². The van der Waals surface area contributed by atoms with Gasteiger partial charge in [0, 0.05) is 30.8 Å². The molecule has 1 fully saturated rings. The van der Waals surface area contributed by atoms with Crippen molar-refractivity contribution in [2.75, 3.05) is 13.1 Å². The van der Waals surface area contributed by atoms with E-state index in [4.69, 9.17) is 0 Å². The highest BCUT2D eigenvalue weighted by Gasteiger charge is 2.30. The smallest absolute Gasteiger partial charge is 0.274 e. The van der Waals surface area contributed by atoms with Crippen LogP contribution in [0.1, 0.15) is 34.1 Å². The molecule has 2 aromatic heterocycles. The molecule has 1 atom stereocenters. The van der Waals surface area contributed by atoms with E-state index in [1.807, 2.05) is 6.92 Å². The third-order valence-corrected chi connectivity index (χ3v) is 3.65. The number of aryl methyl sites for hydroxylation is 1. The third kappa shape index (κ3) is 2.22. The topological polar surface area (TPSA) is 94.7 Å². The zero-order chi connectivity index (χ0) is 14.1. The molecule has 2 aromatic rings. The molecule has 0 spiro atoms. The highest BCUT2D eigenvalue weighted by Crippen LogP contribution is 2.28. The van der Waals surface area contributed by atoms with E-state index < -0.39 is 0 Å². The molecule has 7 heteroatoms. The first-order valence-corrected chi connectivity index (χ1v) is 6.50. The van der Waals surface area contributed by atoms with Gasteiger partial charge in [0.25, 0.3) is 11.5 Å². The summed E-state index contributed by atoms with van der Waals surface area (Å²) in [6.45, 7) is 3.33. The Balaban J connectivity index is 1.74. The number of rotatable bonds is 2. The van der Waals surface area contributed by atoms with E-state index in [2.05, 4.69) is 20.4 Å². The second-order valence-corrected chi connectivity index (χ2v) is 5.01. The van der Waals surface area contributed by atoms with Gasteiger partial charge >= 0.3 is 0 Å². The lowest BCUT2D eigenvalue weighted by Crippen LogP contribution is -2.30. The van der Waals surface area contributed by atoms with Crippen LogP contribution >= 0.6 is 0 Å². The molecule has 0 radical (unpaired) electrons. The number of H-pyrrole nitrogens is 2. The van der Waals surface area contributed by atoms with Crippen molar-refractivity contribution >= 4 is 5.91 Å². The molecule has 1 saturated heterocycles. The van der Waals surface area contributed by atoms with Crippen LogP contribution in [0.4, 0.5) is 0 Å². The number of hydrogen-bond donors (Lipinski definition) is 2. The summed E-state index contributed by atoms with van der Waals surface area (Å²) in [5, 5.41) is 13.1. The quantitative estimate of drug-likeness (QED) is 0.829. The number of likely N-dealkylation sites (tertiary alicyclic amines) is 1. The largest absolute Gasteiger partial charge is 0.337 e. The van der Waals surface area contributed by atoms with Gasteiger partial charge in [0.15, 0.2) is 0 Å². The van der Waals surface area contributed by atoms with Crippen molar-refractivity contribution < 1.29 is 4.79 Å². The number of hydrogen-bond acceptors (Lipinski definition) is 4. The molecular formula is C13H15N5O2. The maximum Gasteiger partial charge on any atom is 0.274 e. The molecule has 1 aliphatic rings. The zero-order valence-corrected chi connectivity index (χ0v) is 11.1. The summed E-state index contributed by atoms with van der Waals surface area (Å²) in [5.41, 5.74) is 2.17. The lowest BCUT2D eigenvalue weighted by atomic mass is 10.0. The zero-order valence-electron chi connectivity index (χ0n) is 11.1. The van der Waals surface area contributed by atoms with Crippen LogP contribution in [-0.2, 0) is 0 Å². The summed E-state index contributed by atoms with van der Waals surface area (Å²) < 4.78 is 0. The minimum absolute atomic E-state index is 0.152. The van der Waals surface area contributed by atoms with Crippen molar-refractivity contribution in [3.8, 4) is 0 Å². The molecule has 2 N–H and O–H groups in total. The average Bonchev–Trinajstić information content (AvgIpc) is 3.07. The summed E-state index contributed by atoms with van der Waals surface area (Å²) in [4.78, 5) is 25.0. The fourth-order valence-corrected chi connectivity index (χ4v) is 2.58. The van der Waals surface area contributed by atoms with Crippen molar-refractivity contribution in [3.05, 3.63) is 45.6 Å². The Morgan fingerprint density at radius 1 is 1.40 bits per heavy atom. The van der Waals surface area contributed by atoms with E-state index in [9.17, 15) is 9.59 Å². The van der Waals surface area contributed by atoms with Gasteiger partial charge in [-0.3, -0.25) is 14.7 Å². The fourth-order valence-electron chi connectivity index (χ4n) is 2.58. The molecule has 0 aliphatic carbocycles. The molecule has 20 heavy (non-hydrogen) atoms. The van der Waals surface area contributed by atoms with E-state index in [0.29, 0.717) is 13.1 Å². The summed E-state index contributed by atoms with van der Waals surface area (Å²) in [5.74, 6) is 0.130. The monoisotopic (exact) mass is 273 g/mol. The SMILES string of the molecule is Cc1cn[nH]c1[C@@H]1CCN(C(=O)c2ccc(=O)[nH]n2)C1. The number of carbonyl (C=O) groups excluding carboxylic acids is 1. The molecule has 0 aromatic carbocycles. The van der Waals surface area contributed by atoms with Gasteiger partial charge < -0.3 is 4.90 Å². The molecule has 1 aliphatic heterocycles. The second kappa shape index (κ2) is 4.92. The first-order chi connectivity index (χ1) is 9.65. The number of nitrogens with zero attached hydrogens (tertiary/aromatic N) is 3. The van der Waals surface area contributed by atoms with Crippen molar-refractivity contribution in [2.24, 2.45) is 0 Å². The maximum absolute atomic E-state index is 12.3. The summed E-state index contributed by atoms with van der Waals surface area (Å²) in [6, 6.07) is 2.77. The van der Waals surface area contributed by atoms with Crippen LogP contribution < -0.4 is 5.56 Å². The first-order valence-electron chi connectivity index (χ1n) is 6.50. The van der Waals surface area contributed by atoms with Gasteiger partial charge in [-0.05, 0) is 25.0 Å². The highest BCUT2D eigenvalue weighted by molar-refractivity contribution is 5.92. The molecule has 0 saturated carbocycles. The average molecular weight is 273 g/mol. The van der Waals surface area contributed by atoms with E-state index in [0.717, 1.165) is 17.7 Å². The van der Waals surface area contributed by atoms with Gasteiger partial charge in [0.1, 0.15) is 5.69 Å². The third-order valence-electron chi connectivity index (χ3n) is 3.65. The van der Waals surface area contributed by atoms with Crippen molar-refractivity contribution in [2.45, 2.75) is 19.3 Å². The van der Waals surface area contributed by atoms with Crippen LogP contribution in [0.2, 0.25) is 0 Å².